The molecule has 96 valence electrons. The molecule has 2 N–H and O–H groups in total. The second-order valence-electron chi connectivity index (χ2n) is 4.13. The van der Waals surface area contributed by atoms with Crippen molar-refractivity contribution >= 4 is 10.0 Å². The highest BCUT2D eigenvalue weighted by molar-refractivity contribution is 7.89. The Balaban J connectivity index is 1.84. The van der Waals surface area contributed by atoms with Crippen LogP contribution in [0.25, 0.3) is 0 Å². The molecular formula is C9H16N4O3S. The zero-order valence-corrected chi connectivity index (χ0v) is 10.5. The van der Waals surface area contributed by atoms with E-state index in [0.717, 1.165) is 19.4 Å². The Morgan fingerprint density at radius 2 is 2.41 bits per heavy atom. The van der Waals surface area contributed by atoms with Crippen LogP contribution in [0, 0.1) is 6.92 Å². The summed E-state index contributed by atoms with van der Waals surface area (Å²) >= 11 is 0. The van der Waals surface area contributed by atoms with Gasteiger partial charge in [-0.25, -0.2) is 13.1 Å². The predicted octanol–water partition coefficient (Wildman–Crippen LogP) is -0.451. The molecule has 0 aromatic carbocycles. The summed E-state index contributed by atoms with van der Waals surface area (Å²) in [4.78, 5) is 3.93. The van der Waals surface area contributed by atoms with Crippen molar-refractivity contribution < 1.29 is 12.9 Å². The first kappa shape index (κ1) is 12.5. The molecule has 0 spiro atoms. The fourth-order valence-corrected chi connectivity index (χ4v) is 3.09. The smallest absolute Gasteiger partial charge is 0.223 e. The van der Waals surface area contributed by atoms with Gasteiger partial charge in [0, 0.05) is 13.0 Å². The Kier molecular flexibility index (Phi) is 3.75. The highest BCUT2D eigenvalue weighted by Gasteiger charge is 2.22. The van der Waals surface area contributed by atoms with E-state index in [0.29, 0.717) is 11.7 Å². The van der Waals surface area contributed by atoms with Gasteiger partial charge in [0.25, 0.3) is 0 Å². The van der Waals surface area contributed by atoms with Crippen LogP contribution in [0.2, 0.25) is 0 Å². The summed E-state index contributed by atoms with van der Waals surface area (Å²) in [5.41, 5.74) is 0. The van der Waals surface area contributed by atoms with E-state index in [1.165, 1.54) is 0 Å². The lowest BCUT2D eigenvalue weighted by atomic mass is 10.3. The monoisotopic (exact) mass is 260 g/mol. The molecular weight excluding hydrogens is 244 g/mol. The van der Waals surface area contributed by atoms with Crippen molar-refractivity contribution in [3.63, 3.8) is 0 Å². The molecule has 1 aromatic heterocycles. The Labute approximate surface area is 100 Å². The molecule has 2 heterocycles. The number of rotatable bonds is 5. The molecule has 0 aliphatic carbocycles. The largest absolute Gasteiger partial charge is 0.340 e. The van der Waals surface area contributed by atoms with Crippen molar-refractivity contribution in [1.82, 2.24) is 20.2 Å². The van der Waals surface area contributed by atoms with E-state index in [-0.39, 0.29) is 18.3 Å². The molecule has 1 aliphatic heterocycles. The Morgan fingerprint density at radius 3 is 3.00 bits per heavy atom. The van der Waals surface area contributed by atoms with Crippen molar-refractivity contribution in [2.45, 2.75) is 32.4 Å². The minimum atomic E-state index is -3.29. The third-order valence-electron chi connectivity index (χ3n) is 2.60. The maximum Gasteiger partial charge on any atom is 0.223 e. The van der Waals surface area contributed by atoms with Crippen LogP contribution >= 0.6 is 0 Å². The molecule has 0 bridgehead atoms. The highest BCUT2D eigenvalue weighted by Crippen LogP contribution is 2.07. The normalized spacial score (nSPS) is 20.9. The molecule has 0 saturated carbocycles. The van der Waals surface area contributed by atoms with E-state index in [4.69, 9.17) is 4.52 Å². The summed E-state index contributed by atoms with van der Waals surface area (Å²) < 4.78 is 30.7. The first-order valence-electron chi connectivity index (χ1n) is 5.55. The van der Waals surface area contributed by atoms with Crippen LogP contribution in [0.1, 0.15) is 24.6 Å². The molecule has 7 nitrogen and oxygen atoms in total. The molecule has 17 heavy (non-hydrogen) atoms. The average molecular weight is 260 g/mol. The van der Waals surface area contributed by atoms with Gasteiger partial charge in [0.2, 0.25) is 15.9 Å². The van der Waals surface area contributed by atoms with Crippen LogP contribution in [-0.4, -0.2) is 36.9 Å². The number of hydrogen-bond acceptors (Lipinski definition) is 6. The van der Waals surface area contributed by atoms with E-state index < -0.39 is 10.0 Å². The Morgan fingerprint density at radius 1 is 1.59 bits per heavy atom. The average Bonchev–Trinajstić information content (AvgIpc) is 2.86. The van der Waals surface area contributed by atoms with Gasteiger partial charge in [0.15, 0.2) is 5.82 Å². The number of nitrogens with zero attached hydrogens (tertiary/aromatic N) is 2. The first-order chi connectivity index (χ1) is 8.05. The number of aromatic nitrogens is 2. The summed E-state index contributed by atoms with van der Waals surface area (Å²) in [5, 5.41) is 6.77. The lowest BCUT2D eigenvalue weighted by Gasteiger charge is -2.10. The minimum Gasteiger partial charge on any atom is -0.340 e. The fraction of sp³-hybridized carbons (Fsp3) is 0.778. The van der Waals surface area contributed by atoms with Gasteiger partial charge in [-0.1, -0.05) is 5.16 Å². The summed E-state index contributed by atoms with van der Waals surface area (Å²) in [6, 6.07) is 0.0551. The first-order valence-corrected chi connectivity index (χ1v) is 7.20. The summed E-state index contributed by atoms with van der Waals surface area (Å²) in [5.74, 6) is 0.881. The zero-order chi connectivity index (χ0) is 12.3. The maximum atomic E-state index is 11.7. The molecule has 0 radical (unpaired) electrons. The summed E-state index contributed by atoms with van der Waals surface area (Å²) in [6.45, 7) is 2.63. The van der Waals surface area contributed by atoms with Crippen molar-refractivity contribution in [2.24, 2.45) is 0 Å². The standard InChI is InChI=1S/C9H16N4O3S/c1-7-12-9(13-16-7)5-11-17(14,15)6-8-3-2-4-10-8/h8,10-11H,2-6H2,1H3. The van der Waals surface area contributed by atoms with Crippen LogP contribution in [0.3, 0.4) is 0 Å². The van der Waals surface area contributed by atoms with Gasteiger partial charge >= 0.3 is 0 Å². The summed E-state index contributed by atoms with van der Waals surface area (Å²) in [7, 11) is -3.29. The third kappa shape index (κ3) is 3.76. The van der Waals surface area contributed by atoms with E-state index in [1.807, 2.05) is 0 Å². The van der Waals surface area contributed by atoms with Gasteiger partial charge in [0.05, 0.1) is 12.3 Å². The molecule has 1 aromatic rings. The van der Waals surface area contributed by atoms with E-state index in [2.05, 4.69) is 20.2 Å². The van der Waals surface area contributed by atoms with Gasteiger partial charge in [-0.15, -0.1) is 0 Å². The quantitative estimate of drug-likeness (QED) is 0.744. The van der Waals surface area contributed by atoms with Crippen LogP contribution in [0.15, 0.2) is 4.52 Å². The lowest BCUT2D eigenvalue weighted by molar-refractivity contribution is 0.387. The van der Waals surface area contributed by atoms with Gasteiger partial charge in [-0.2, -0.15) is 4.98 Å². The lowest BCUT2D eigenvalue weighted by Crippen LogP contribution is -2.36. The minimum absolute atomic E-state index is 0.0551. The van der Waals surface area contributed by atoms with Crippen LogP contribution in [0.5, 0.6) is 0 Å². The van der Waals surface area contributed by atoms with Crippen molar-refractivity contribution in [1.29, 1.82) is 0 Å². The zero-order valence-electron chi connectivity index (χ0n) is 9.64. The van der Waals surface area contributed by atoms with Crippen molar-refractivity contribution in [3.05, 3.63) is 11.7 Å². The van der Waals surface area contributed by atoms with E-state index >= 15 is 0 Å². The molecule has 1 saturated heterocycles. The van der Waals surface area contributed by atoms with Gasteiger partial charge in [-0.3, -0.25) is 0 Å². The molecule has 8 heteroatoms. The SMILES string of the molecule is Cc1nc(CNS(=O)(=O)CC2CCCN2)no1. The second-order valence-corrected chi connectivity index (χ2v) is 5.98. The highest BCUT2D eigenvalue weighted by atomic mass is 32.2. The van der Waals surface area contributed by atoms with E-state index in [9.17, 15) is 8.42 Å². The van der Waals surface area contributed by atoms with Crippen LogP contribution in [-0.2, 0) is 16.6 Å². The second kappa shape index (κ2) is 5.11. The van der Waals surface area contributed by atoms with Crippen LogP contribution in [0.4, 0.5) is 0 Å². The van der Waals surface area contributed by atoms with Gasteiger partial charge in [0.1, 0.15) is 0 Å². The Hall–Kier alpha value is -0.990. The Bertz CT molecular complexity index is 464. The van der Waals surface area contributed by atoms with Crippen LogP contribution < -0.4 is 10.0 Å². The number of aryl methyl sites for hydroxylation is 1. The molecule has 2 rings (SSSR count). The third-order valence-corrected chi connectivity index (χ3v) is 4.03. The van der Waals surface area contributed by atoms with Gasteiger partial charge in [-0.05, 0) is 19.4 Å². The van der Waals surface area contributed by atoms with Gasteiger partial charge < -0.3 is 9.84 Å². The number of sulfonamides is 1. The molecule has 1 fully saturated rings. The fourth-order valence-electron chi connectivity index (χ4n) is 1.81. The number of hydrogen-bond donors (Lipinski definition) is 2. The maximum absolute atomic E-state index is 11.7. The van der Waals surface area contributed by atoms with Crippen molar-refractivity contribution in [2.75, 3.05) is 12.3 Å². The molecule has 1 atom stereocenters. The molecule has 1 aliphatic rings. The van der Waals surface area contributed by atoms with E-state index in [1.54, 1.807) is 6.92 Å². The molecule has 0 amide bonds. The summed E-state index contributed by atoms with van der Waals surface area (Å²) in [6.07, 6.45) is 1.94. The van der Waals surface area contributed by atoms with Crippen molar-refractivity contribution in [3.8, 4) is 0 Å². The molecule has 1 unspecified atom stereocenters. The topological polar surface area (TPSA) is 97.1 Å². The number of nitrogens with one attached hydrogen (secondary N) is 2. The predicted molar refractivity (Wildman–Crippen MR) is 60.7 cm³/mol.